The molecule has 19 heavy (non-hydrogen) atoms. The quantitative estimate of drug-likeness (QED) is 0.887. The zero-order chi connectivity index (χ0) is 13.2. The van der Waals surface area contributed by atoms with E-state index in [9.17, 15) is 4.79 Å². The van der Waals surface area contributed by atoms with E-state index < -0.39 is 5.97 Å². The van der Waals surface area contributed by atoms with Crippen LogP contribution in [0.3, 0.4) is 0 Å². The first-order valence-corrected chi connectivity index (χ1v) is 6.01. The molecule has 1 aliphatic carbocycles. The summed E-state index contributed by atoms with van der Waals surface area (Å²) in [5.74, 6) is 0.761. The van der Waals surface area contributed by atoms with E-state index in [1.54, 1.807) is 18.2 Å². The summed E-state index contributed by atoms with van der Waals surface area (Å²) in [4.78, 5) is 15.2. The van der Waals surface area contributed by atoms with Gasteiger partial charge in [-0.05, 0) is 25.0 Å². The molecule has 0 radical (unpaired) electrons. The smallest absolute Gasteiger partial charge is 0.339 e. The minimum atomic E-state index is -1.03. The van der Waals surface area contributed by atoms with Crippen molar-refractivity contribution in [2.45, 2.75) is 25.4 Å². The fourth-order valence-corrected chi connectivity index (χ4v) is 1.74. The summed E-state index contributed by atoms with van der Waals surface area (Å²) in [5, 5.41) is 12.9. The predicted octanol–water partition coefficient (Wildman–Crippen LogP) is 2.22. The maximum atomic E-state index is 11.0. The highest BCUT2D eigenvalue weighted by molar-refractivity contribution is 5.90. The molecule has 0 unspecified atom stereocenters. The van der Waals surface area contributed by atoms with Gasteiger partial charge in [0.1, 0.15) is 11.3 Å². The third-order valence-electron chi connectivity index (χ3n) is 2.89. The molecule has 0 amide bonds. The number of para-hydroxylation sites is 1. The van der Waals surface area contributed by atoms with Gasteiger partial charge < -0.3 is 14.4 Å². The molecule has 0 bridgehead atoms. The Labute approximate surface area is 109 Å². The number of ether oxygens (including phenoxy) is 1. The molecule has 2 aromatic rings. The normalized spacial score (nSPS) is 14.3. The number of carboxylic acid groups (broad SMARTS) is 1. The number of nitrogens with zero attached hydrogens (tertiary/aromatic N) is 2. The molecule has 1 saturated carbocycles. The molecule has 1 aromatic heterocycles. The van der Waals surface area contributed by atoms with Gasteiger partial charge in [-0.1, -0.05) is 17.3 Å². The number of aromatic carboxylic acids is 1. The third-order valence-corrected chi connectivity index (χ3v) is 2.89. The zero-order valence-electron chi connectivity index (χ0n) is 10.1. The van der Waals surface area contributed by atoms with Crippen molar-refractivity contribution >= 4 is 5.97 Å². The van der Waals surface area contributed by atoms with Crippen molar-refractivity contribution in [2.75, 3.05) is 0 Å². The number of hydrogen-bond acceptors (Lipinski definition) is 5. The summed E-state index contributed by atoms with van der Waals surface area (Å²) >= 11 is 0. The van der Waals surface area contributed by atoms with Gasteiger partial charge in [0.25, 0.3) is 5.89 Å². The van der Waals surface area contributed by atoms with Crippen molar-refractivity contribution in [3.8, 4) is 5.75 Å². The van der Waals surface area contributed by atoms with Crippen LogP contribution >= 0.6 is 0 Å². The van der Waals surface area contributed by atoms with Crippen LogP contribution < -0.4 is 4.74 Å². The molecule has 1 heterocycles. The van der Waals surface area contributed by atoms with Crippen LogP contribution in [-0.4, -0.2) is 21.2 Å². The molecular weight excluding hydrogens is 248 g/mol. The van der Waals surface area contributed by atoms with E-state index in [4.69, 9.17) is 14.4 Å². The highest BCUT2D eigenvalue weighted by Crippen LogP contribution is 2.38. The Balaban J connectivity index is 1.69. The van der Waals surface area contributed by atoms with Crippen LogP contribution in [0.25, 0.3) is 0 Å². The highest BCUT2D eigenvalue weighted by atomic mass is 16.5. The first-order chi connectivity index (χ1) is 9.24. The van der Waals surface area contributed by atoms with Crippen molar-refractivity contribution in [3.05, 3.63) is 41.5 Å². The molecule has 1 aromatic carbocycles. The third kappa shape index (κ3) is 2.57. The standard InChI is InChI=1S/C13H12N2O4/c16-13(17)9-3-1-2-4-10(9)18-7-11-14-12(15-19-11)8-5-6-8/h1-4,8H,5-7H2,(H,16,17). The monoisotopic (exact) mass is 260 g/mol. The summed E-state index contributed by atoms with van der Waals surface area (Å²) in [6.45, 7) is 0.0734. The molecule has 98 valence electrons. The van der Waals surface area contributed by atoms with Crippen molar-refractivity contribution in [1.29, 1.82) is 0 Å². The Morgan fingerprint density at radius 1 is 1.42 bits per heavy atom. The van der Waals surface area contributed by atoms with Crippen molar-refractivity contribution in [2.24, 2.45) is 0 Å². The molecule has 0 atom stereocenters. The van der Waals surface area contributed by atoms with Gasteiger partial charge in [0.2, 0.25) is 0 Å². The number of carbonyl (C=O) groups is 1. The van der Waals surface area contributed by atoms with Crippen LogP contribution in [0.5, 0.6) is 5.75 Å². The largest absolute Gasteiger partial charge is 0.483 e. The first-order valence-electron chi connectivity index (χ1n) is 6.01. The van der Waals surface area contributed by atoms with E-state index in [2.05, 4.69) is 10.1 Å². The second-order valence-corrected chi connectivity index (χ2v) is 4.41. The average Bonchev–Trinajstić information content (AvgIpc) is 3.16. The Morgan fingerprint density at radius 3 is 2.95 bits per heavy atom. The van der Waals surface area contributed by atoms with Gasteiger partial charge in [0.05, 0.1) is 0 Å². The maximum absolute atomic E-state index is 11.0. The molecule has 1 aliphatic rings. The fraction of sp³-hybridized carbons (Fsp3) is 0.308. The van der Waals surface area contributed by atoms with E-state index in [1.807, 2.05) is 0 Å². The van der Waals surface area contributed by atoms with Gasteiger partial charge in [-0.15, -0.1) is 0 Å². The van der Waals surface area contributed by atoms with E-state index in [1.165, 1.54) is 6.07 Å². The lowest BCUT2D eigenvalue weighted by atomic mass is 10.2. The van der Waals surface area contributed by atoms with E-state index >= 15 is 0 Å². The van der Waals surface area contributed by atoms with Crippen LogP contribution in [0.15, 0.2) is 28.8 Å². The Morgan fingerprint density at radius 2 is 2.21 bits per heavy atom. The molecular formula is C13H12N2O4. The lowest BCUT2D eigenvalue weighted by molar-refractivity contribution is 0.0691. The Hall–Kier alpha value is -2.37. The lowest BCUT2D eigenvalue weighted by Gasteiger charge is -2.05. The van der Waals surface area contributed by atoms with Crippen LogP contribution in [0.1, 0.15) is 40.8 Å². The summed E-state index contributed by atoms with van der Waals surface area (Å²) < 4.78 is 10.5. The number of hydrogen-bond donors (Lipinski definition) is 1. The minimum Gasteiger partial charge on any atom is -0.483 e. The highest BCUT2D eigenvalue weighted by Gasteiger charge is 2.28. The van der Waals surface area contributed by atoms with Gasteiger partial charge in [-0.25, -0.2) is 4.79 Å². The lowest BCUT2D eigenvalue weighted by Crippen LogP contribution is -2.03. The summed E-state index contributed by atoms with van der Waals surface area (Å²) in [7, 11) is 0. The van der Waals surface area contributed by atoms with Crippen molar-refractivity contribution < 1.29 is 19.2 Å². The molecule has 0 spiro atoms. The molecule has 0 aliphatic heterocycles. The van der Waals surface area contributed by atoms with Crippen molar-refractivity contribution in [1.82, 2.24) is 10.1 Å². The minimum absolute atomic E-state index is 0.0734. The van der Waals surface area contributed by atoms with E-state index in [-0.39, 0.29) is 12.2 Å². The number of rotatable bonds is 5. The Bertz CT molecular complexity index is 604. The molecule has 1 fully saturated rings. The second-order valence-electron chi connectivity index (χ2n) is 4.41. The van der Waals surface area contributed by atoms with E-state index in [0.717, 1.165) is 12.8 Å². The van der Waals surface area contributed by atoms with Crippen molar-refractivity contribution in [3.63, 3.8) is 0 Å². The van der Waals surface area contributed by atoms with Crippen LogP contribution in [-0.2, 0) is 6.61 Å². The number of benzene rings is 1. The Kier molecular flexibility index (Phi) is 2.91. The second kappa shape index (κ2) is 4.72. The van der Waals surface area contributed by atoms with Crippen LogP contribution in [0.4, 0.5) is 0 Å². The summed E-state index contributed by atoms with van der Waals surface area (Å²) in [6, 6.07) is 6.45. The molecule has 0 saturated heterocycles. The maximum Gasteiger partial charge on any atom is 0.339 e. The average molecular weight is 260 g/mol. The predicted molar refractivity (Wildman–Crippen MR) is 64.0 cm³/mol. The first kappa shape index (κ1) is 11.7. The van der Waals surface area contributed by atoms with Crippen LogP contribution in [0.2, 0.25) is 0 Å². The molecule has 3 rings (SSSR count). The number of aromatic nitrogens is 2. The van der Waals surface area contributed by atoms with Gasteiger partial charge in [0.15, 0.2) is 12.4 Å². The molecule has 6 nitrogen and oxygen atoms in total. The van der Waals surface area contributed by atoms with Crippen LogP contribution in [0, 0.1) is 0 Å². The fourth-order valence-electron chi connectivity index (χ4n) is 1.74. The van der Waals surface area contributed by atoms with Gasteiger partial charge in [0, 0.05) is 5.92 Å². The zero-order valence-corrected chi connectivity index (χ0v) is 10.1. The topological polar surface area (TPSA) is 85.5 Å². The molecule has 6 heteroatoms. The summed E-state index contributed by atoms with van der Waals surface area (Å²) in [6.07, 6.45) is 2.20. The van der Waals surface area contributed by atoms with Gasteiger partial charge in [-0.2, -0.15) is 4.98 Å². The van der Waals surface area contributed by atoms with E-state index in [0.29, 0.717) is 23.4 Å². The van der Waals surface area contributed by atoms with Gasteiger partial charge >= 0.3 is 5.97 Å². The summed E-state index contributed by atoms with van der Waals surface area (Å²) in [5.41, 5.74) is 0.115. The molecule has 1 N–H and O–H groups in total. The SMILES string of the molecule is O=C(O)c1ccccc1OCc1nc(C2CC2)no1. The number of carboxylic acids is 1. The van der Waals surface area contributed by atoms with Gasteiger partial charge in [-0.3, -0.25) is 0 Å².